The lowest BCUT2D eigenvalue weighted by Crippen LogP contribution is -2.30. The van der Waals surface area contributed by atoms with Gasteiger partial charge in [0.25, 0.3) is 5.91 Å². The van der Waals surface area contributed by atoms with Gasteiger partial charge < -0.3 is 19.5 Å². The quantitative estimate of drug-likeness (QED) is 0.421. The molecule has 0 spiro atoms. The van der Waals surface area contributed by atoms with Crippen LogP contribution in [0.1, 0.15) is 48.4 Å². The Hall–Kier alpha value is -3.54. The number of nitrogens with zero attached hydrogens (tertiary/aromatic N) is 1. The van der Waals surface area contributed by atoms with Crippen molar-refractivity contribution >= 4 is 16.9 Å². The molecule has 0 radical (unpaired) electrons. The zero-order chi connectivity index (χ0) is 20.9. The number of aromatic nitrogens is 2. The van der Waals surface area contributed by atoms with Crippen LogP contribution >= 0.6 is 0 Å². The predicted octanol–water partition coefficient (Wildman–Crippen LogP) is 5.25. The fourth-order valence-corrected chi connectivity index (χ4v) is 3.33. The molecule has 0 aliphatic carbocycles. The van der Waals surface area contributed by atoms with E-state index in [0.717, 1.165) is 29.0 Å². The number of carbonyl (C=O) groups is 1. The minimum atomic E-state index is -0.271. The van der Waals surface area contributed by atoms with Crippen LogP contribution in [0.5, 0.6) is 5.75 Å². The highest BCUT2D eigenvalue weighted by molar-refractivity contribution is 5.91. The van der Waals surface area contributed by atoms with Crippen LogP contribution in [-0.4, -0.2) is 15.9 Å². The maximum atomic E-state index is 12.8. The van der Waals surface area contributed by atoms with E-state index in [1.807, 2.05) is 54.6 Å². The Kier molecular flexibility index (Phi) is 5.84. The van der Waals surface area contributed by atoms with E-state index in [1.165, 1.54) is 0 Å². The Morgan fingerprint density at radius 2 is 1.83 bits per heavy atom. The number of H-pyrrole nitrogens is 1. The number of hydrogen-bond acceptors (Lipinski definition) is 4. The second-order valence-electron chi connectivity index (χ2n) is 7.66. The summed E-state index contributed by atoms with van der Waals surface area (Å²) >= 11 is 0. The molecule has 0 aliphatic heterocycles. The number of hydrogen-bond donors (Lipinski definition) is 2. The third-order valence-corrected chi connectivity index (χ3v) is 4.76. The van der Waals surface area contributed by atoms with Crippen LogP contribution in [-0.2, 0) is 6.61 Å². The molecule has 2 N–H and O–H groups in total. The number of imidazole rings is 1. The van der Waals surface area contributed by atoms with Gasteiger partial charge in [-0.25, -0.2) is 4.98 Å². The zero-order valence-electron chi connectivity index (χ0n) is 17.1. The SMILES string of the molecule is CC(C)C[C@H](NC(=O)c1ccc(COc2ccccc2)o1)c1nc2ccccc2[nH]1. The molecule has 1 amide bonds. The van der Waals surface area contributed by atoms with Crippen LogP contribution in [0.4, 0.5) is 0 Å². The molecule has 6 heteroatoms. The molecule has 0 saturated heterocycles. The van der Waals surface area contributed by atoms with E-state index in [4.69, 9.17) is 9.15 Å². The van der Waals surface area contributed by atoms with E-state index >= 15 is 0 Å². The summed E-state index contributed by atoms with van der Waals surface area (Å²) < 4.78 is 11.4. The molecule has 30 heavy (non-hydrogen) atoms. The second kappa shape index (κ2) is 8.86. The van der Waals surface area contributed by atoms with Crippen LogP contribution in [0, 0.1) is 5.92 Å². The molecule has 1 atom stereocenters. The molecule has 4 aromatic rings. The Morgan fingerprint density at radius 1 is 1.07 bits per heavy atom. The average Bonchev–Trinajstić information content (AvgIpc) is 3.39. The molecule has 154 valence electrons. The Morgan fingerprint density at radius 3 is 2.60 bits per heavy atom. The van der Waals surface area contributed by atoms with E-state index in [-0.39, 0.29) is 24.3 Å². The highest BCUT2D eigenvalue weighted by Gasteiger charge is 2.22. The number of para-hydroxylation sites is 3. The number of benzene rings is 2. The van der Waals surface area contributed by atoms with Crippen molar-refractivity contribution in [1.29, 1.82) is 0 Å². The molecule has 4 rings (SSSR count). The number of rotatable bonds is 8. The summed E-state index contributed by atoms with van der Waals surface area (Å²) in [6.07, 6.45) is 0.760. The molecule has 0 saturated carbocycles. The van der Waals surface area contributed by atoms with Crippen molar-refractivity contribution < 1.29 is 13.9 Å². The molecule has 2 aromatic carbocycles. The van der Waals surface area contributed by atoms with E-state index < -0.39 is 0 Å². The van der Waals surface area contributed by atoms with Gasteiger partial charge in [-0.3, -0.25) is 4.79 Å². The minimum Gasteiger partial charge on any atom is -0.486 e. The van der Waals surface area contributed by atoms with Crippen molar-refractivity contribution in [2.45, 2.75) is 32.9 Å². The molecular formula is C24H25N3O3. The number of carbonyl (C=O) groups excluding carboxylic acids is 1. The van der Waals surface area contributed by atoms with E-state index in [9.17, 15) is 4.79 Å². The van der Waals surface area contributed by atoms with Crippen molar-refractivity contribution in [3.8, 4) is 5.75 Å². The first-order chi connectivity index (χ1) is 14.6. The number of nitrogens with one attached hydrogen (secondary N) is 2. The summed E-state index contributed by atoms with van der Waals surface area (Å²) in [4.78, 5) is 20.8. The van der Waals surface area contributed by atoms with Crippen molar-refractivity contribution in [3.05, 3.63) is 84.1 Å². The van der Waals surface area contributed by atoms with Gasteiger partial charge in [-0.2, -0.15) is 0 Å². The van der Waals surface area contributed by atoms with Gasteiger partial charge in [0.15, 0.2) is 5.76 Å². The molecular weight excluding hydrogens is 378 g/mol. The van der Waals surface area contributed by atoms with Crippen molar-refractivity contribution in [1.82, 2.24) is 15.3 Å². The van der Waals surface area contributed by atoms with Crippen molar-refractivity contribution in [3.63, 3.8) is 0 Å². The van der Waals surface area contributed by atoms with Crippen LogP contribution in [0.3, 0.4) is 0 Å². The smallest absolute Gasteiger partial charge is 0.287 e. The lowest BCUT2D eigenvalue weighted by molar-refractivity contribution is 0.0898. The molecule has 2 heterocycles. The Bertz CT molecular complexity index is 1080. The van der Waals surface area contributed by atoms with Crippen LogP contribution in [0.15, 0.2) is 71.1 Å². The lowest BCUT2D eigenvalue weighted by atomic mass is 10.0. The number of ether oxygens (including phenoxy) is 1. The van der Waals surface area contributed by atoms with Crippen LogP contribution in [0.2, 0.25) is 0 Å². The van der Waals surface area contributed by atoms with Gasteiger partial charge in [0.2, 0.25) is 0 Å². The van der Waals surface area contributed by atoms with Crippen LogP contribution in [0.25, 0.3) is 11.0 Å². The Balaban J connectivity index is 1.45. The van der Waals surface area contributed by atoms with Gasteiger partial charge in [0.1, 0.15) is 23.9 Å². The maximum absolute atomic E-state index is 12.8. The number of furan rings is 1. The number of aromatic amines is 1. The van der Waals surface area contributed by atoms with Gasteiger partial charge in [0, 0.05) is 0 Å². The molecule has 0 bridgehead atoms. The van der Waals surface area contributed by atoms with Gasteiger partial charge >= 0.3 is 0 Å². The average molecular weight is 403 g/mol. The standard InChI is InChI=1S/C24H25N3O3/c1-16(2)14-21(23-25-19-10-6-7-11-20(19)26-23)27-24(28)22-13-12-18(30-22)15-29-17-8-4-3-5-9-17/h3-13,16,21H,14-15H2,1-2H3,(H,25,26)(H,27,28)/t21-/m0/s1. The normalized spacial score (nSPS) is 12.2. The monoisotopic (exact) mass is 403 g/mol. The van der Waals surface area contributed by atoms with Gasteiger partial charge in [-0.05, 0) is 48.7 Å². The van der Waals surface area contributed by atoms with Gasteiger partial charge in [-0.15, -0.1) is 0 Å². The van der Waals surface area contributed by atoms with E-state index in [1.54, 1.807) is 12.1 Å². The highest BCUT2D eigenvalue weighted by atomic mass is 16.5. The summed E-state index contributed by atoms with van der Waals surface area (Å²) in [5.74, 6) is 2.46. The first kappa shape index (κ1) is 19.8. The number of amides is 1. The molecule has 0 fully saturated rings. The van der Waals surface area contributed by atoms with Crippen molar-refractivity contribution in [2.24, 2.45) is 5.92 Å². The van der Waals surface area contributed by atoms with Crippen molar-refractivity contribution in [2.75, 3.05) is 0 Å². The highest BCUT2D eigenvalue weighted by Crippen LogP contribution is 2.23. The second-order valence-corrected chi connectivity index (χ2v) is 7.66. The molecule has 0 aliphatic rings. The summed E-state index contributed by atoms with van der Waals surface area (Å²) in [7, 11) is 0. The zero-order valence-corrected chi connectivity index (χ0v) is 17.1. The minimum absolute atomic E-state index is 0.237. The third kappa shape index (κ3) is 4.71. The first-order valence-electron chi connectivity index (χ1n) is 10.1. The van der Waals surface area contributed by atoms with Gasteiger partial charge in [0.05, 0.1) is 17.1 Å². The summed E-state index contributed by atoms with van der Waals surface area (Å²) in [5.41, 5.74) is 1.84. The summed E-state index contributed by atoms with van der Waals surface area (Å²) in [6.45, 7) is 4.50. The summed E-state index contributed by atoms with van der Waals surface area (Å²) in [5, 5.41) is 3.06. The number of fused-ring (bicyclic) bond motifs is 1. The molecule has 2 aromatic heterocycles. The fourth-order valence-electron chi connectivity index (χ4n) is 3.33. The first-order valence-corrected chi connectivity index (χ1v) is 10.1. The maximum Gasteiger partial charge on any atom is 0.287 e. The van der Waals surface area contributed by atoms with E-state index in [0.29, 0.717) is 11.7 Å². The van der Waals surface area contributed by atoms with E-state index in [2.05, 4.69) is 29.1 Å². The topological polar surface area (TPSA) is 80.2 Å². The summed E-state index contributed by atoms with van der Waals surface area (Å²) in [6, 6.07) is 20.5. The molecule has 6 nitrogen and oxygen atoms in total. The molecule has 0 unspecified atom stereocenters. The fraction of sp³-hybridized carbons (Fsp3) is 0.250. The largest absolute Gasteiger partial charge is 0.486 e. The predicted molar refractivity (Wildman–Crippen MR) is 115 cm³/mol. The third-order valence-electron chi connectivity index (χ3n) is 4.76. The van der Waals surface area contributed by atoms with Crippen LogP contribution < -0.4 is 10.1 Å². The van der Waals surface area contributed by atoms with Gasteiger partial charge in [-0.1, -0.05) is 44.2 Å². The lowest BCUT2D eigenvalue weighted by Gasteiger charge is -2.18. The Labute approximate surface area is 175 Å².